The molecule has 0 aliphatic carbocycles. The molecule has 1 N–H and O–H groups in total. The third-order valence-electron chi connectivity index (χ3n) is 4.26. The van der Waals surface area contributed by atoms with Crippen molar-refractivity contribution < 1.29 is 14.3 Å². The van der Waals surface area contributed by atoms with Crippen molar-refractivity contribution in [2.45, 2.75) is 25.7 Å². The minimum Gasteiger partial charge on any atom is -0.481 e. The molecule has 0 fully saturated rings. The molecule has 0 saturated carbocycles. The second-order valence-corrected chi connectivity index (χ2v) is 7.36. The van der Waals surface area contributed by atoms with Crippen molar-refractivity contribution >= 4 is 44.5 Å². The van der Waals surface area contributed by atoms with Gasteiger partial charge in [-0.05, 0) is 42.3 Å². The molecule has 1 heterocycles. The van der Waals surface area contributed by atoms with E-state index in [0.717, 1.165) is 10.0 Å². The number of halogens is 2. The van der Waals surface area contributed by atoms with Crippen LogP contribution in [0.15, 0.2) is 56.1 Å². The van der Waals surface area contributed by atoms with Crippen molar-refractivity contribution in [1.82, 2.24) is 0 Å². The Hall–Kier alpha value is -2.11. The summed E-state index contributed by atoms with van der Waals surface area (Å²) in [6.07, 6.45) is 0.979. The molecule has 6 heteroatoms. The van der Waals surface area contributed by atoms with Crippen LogP contribution in [0.3, 0.4) is 0 Å². The van der Waals surface area contributed by atoms with Gasteiger partial charge in [0.1, 0.15) is 5.58 Å². The van der Waals surface area contributed by atoms with Crippen LogP contribution < -0.4 is 5.63 Å². The first-order chi connectivity index (χ1) is 12.4. The molecule has 0 aliphatic rings. The van der Waals surface area contributed by atoms with Crippen LogP contribution in [0.4, 0.5) is 0 Å². The summed E-state index contributed by atoms with van der Waals surface area (Å²) >= 11 is 9.43. The number of carboxylic acid groups (broad SMARTS) is 1. The molecule has 4 nitrogen and oxygen atoms in total. The Morgan fingerprint density at radius 1 is 1.23 bits per heavy atom. The normalized spacial score (nSPS) is 12.3. The zero-order valence-electron chi connectivity index (χ0n) is 14.0. The maximum absolute atomic E-state index is 12.7. The van der Waals surface area contributed by atoms with Crippen LogP contribution in [-0.4, -0.2) is 11.1 Å². The molecule has 0 amide bonds. The second-order valence-electron chi connectivity index (χ2n) is 6.01. The molecule has 3 aromatic rings. The zero-order valence-corrected chi connectivity index (χ0v) is 16.3. The fourth-order valence-electron chi connectivity index (χ4n) is 3.11. The number of fused-ring (bicyclic) bond motifs is 1. The lowest BCUT2D eigenvalue weighted by atomic mass is 9.87. The quantitative estimate of drug-likeness (QED) is 0.511. The Morgan fingerprint density at radius 3 is 2.54 bits per heavy atom. The summed E-state index contributed by atoms with van der Waals surface area (Å²) in [6.45, 7) is 1.89. The summed E-state index contributed by atoms with van der Waals surface area (Å²) in [7, 11) is 0. The molecule has 134 valence electrons. The zero-order chi connectivity index (χ0) is 18.8. The standard InChI is InChI=1S/C20H16BrClO4/c1-2-3-14(19(23)24)18-17(11-4-7-13(22)8-5-11)15-10-12(21)6-9-16(15)26-20(18)25/h4-10,14H,2-3H2,1H3,(H,23,24). The molecule has 3 rings (SSSR count). The summed E-state index contributed by atoms with van der Waals surface area (Å²) in [6, 6.07) is 12.3. The van der Waals surface area contributed by atoms with Gasteiger partial charge < -0.3 is 9.52 Å². The predicted octanol–water partition coefficient (Wildman–Crippen LogP) is 5.84. The molecule has 2 aromatic carbocycles. The lowest BCUT2D eigenvalue weighted by molar-refractivity contribution is -0.139. The van der Waals surface area contributed by atoms with E-state index in [2.05, 4.69) is 15.9 Å². The molecule has 1 aromatic heterocycles. The predicted molar refractivity (Wildman–Crippen MR) is 106 cm³/mol. The summed E-state index contributed by atoms with van der Waals surface area (Å²) in [5.74, 6) is -1.98. The molecular weight excluding hydrogens is 420 g/mol. The highest BCUT2D eigenvalue weighted by Gasteiger charge is 2.28. The van der Waals surface area contributed by atoms with E-state index in [1.807, 2.05) is 13.0 Å². The Kier molecular flexibility index (Phi) is 5.49. The van der Waals surface area contributed by atoms with Gasteiger partial charge in [0.2, 0.25) is 0 Å². The van der Waals surface area contributed by atoms with Crippen LogP contribution in [0.1, 0.15) is 31.2 Å². The van der Waals surface area contributed by atoms with Gasteiger partial charge in [-0.1, -0.05) is 53.0 Å². The lowest BCUT2D eigenvalue weighted by Gasteiger charge is -2.17. The molecule has 0 saturated heterocycles. The van der Waals surface area contributed by atoms with Gasteiger partial charge in [0.15, 0.2) is 0 Å². The van der Waals surface area contributed by atoms with Crippen molar-refractivity contribution in [2.24, 2.45) is 0 Å². The smallest absolute Gasteiger partial charge is 0.340 e. The van der Waals surface area contributed by atoms with Crippen LogP contribution in [0, 0.1) is 0 Å². The molecule has 0 spiro atoms. The number of aliphatic carboxylic acids is 1. The monoisotopic (exact) mass is 434 g/mol. The van der Waals surface area contributed by atoms with Crippen LogP contribution in [0.25, 0.3) is 22.1 Å². The molecule has 0 aliphatic heterocycles. The third kappa shape index (κ3) is 3.55. The van der Waals surface area contributed by atoms with Gasteiger partial charge >= 0.3 is 11.6 Å². The van der Waals surface area contributed by atoms with Crippen molar-refractivity contribution in [2.75, 3.05) is 0 Å². The Morgan fingerprint density at radius 2 is 1.92 bits per heavy atom. The van der Waals surface area contributed by atoms with E-state index in [0.29, 0.717) is 34.4 Å². The first kappa shape index (κ1) is 18.7. The topological polar surface area (TPSA) is 67.5 Å². The highest BCUT2D eigenvalue weighted by molar-refractivity contribution is 9.10. The van der Waals surface area contributed by atoms with Gasteiger partial charge in [-0.3, -0.25) is 4.79 Å². The molecular formula is C20H16BrClO4. The van der Waals surface area contributed by atoms with Crippen LogP contribution in [0.5, 0.6) is 0 Å². The average molecular weight is 436 g/mol. The maximum atomic E-state index is 12.7. The van der Waals surface area contributed by atoms with Crippen molar-refractivity contribution in [1.29, 1.82) is 0 Å². The summed E-state index contributed by atoms with van der Waals surface area (Å²) in [4.78, 5) is 24.6. The van der Waals surface area contributed by atoms with E-state index >= 15 is 0 Å². The van der Waals surface area contributed by atoms with Crippen molar-refractivity contribution in [3.63, 3.8) is 0 Å². The fourth-order valence-corrected chi connectivity index (χ4v) is 3.60. The maximum Gasteiger partial charge on any atom is 0.340 e. The summed E-state index contributed by atoms with van der Waals surface area (Å²) < 4.78 is 6.25. The highest BCUT2D eigenvalue weighted by Crippen LogP contribution is 2.37. The number of rotatable bonds is 5. The first-order valence-corrected chi connectivity index (χ1v) is 9.34. The van der Waals surface area contributed by atoms with E-state index in [1.54, 1.807) is 36.4 Å². The molecule has 1 unspecified atom stereocenters. The van der Waals surface area contributed by atoms with E-state index < -0.39 is 17.5 Å². The number of benzene rings is 2. The SMILES string of the molecule is CCCC(C(=O)O)c1c(-c2ccc(Cl)cc2)c2cc(Br)ccc2oc1=O. The Balaban J connectivity index is 2.44. The highest BCUT2D eigenvalue weighted by atomic mass is 79.9. The van der Waals surface area contributed by atoms with Gasteiger partial charge in [-0.25, -0.2) is 4.79 Å². The molecule has 0 radical (unpaired) electrons. The fraction of sp³-hybridized carbons (Fsp3) is 0.200. The van der Waals surface area contributed by atoms with Gasteiger partial charge in [0.05, 0.1) is 11.5 Å². The van der Waals surface area contributed by atoms with Crippen LogP contribution in [0.2, 0.25) is 5.02 Å². The van der Waals surface area contributed by atoms with E-state index in [4.69, 9.17) is 16.0 Å². The lowest BCUT2D eigenvalue weighted by Crippen LogP contribution is -2.21. The van der Waals surface area contributed by atoms with E-state index in [9.17, 15) is 14.7 Å². The Labute approximate surface area is 163 Å². The van der Waals surface area contributed by atoms with Gasteiger partial charge in [-0.15, -0.1) is 0 Å². The molecule has 26 heavy (non-hydrogen) atoms. The Bertz CT molecular complexity index is 1020. The third-order valence-corrected chi connectivity index (χ3v) is 5.00. The minimum atomic E-state index is -1.04. The van der Waals surface area contributed by atoms with Gasteiger partial charge in [-0.2, -0.15) is 0 Å². The second kappa shape index (κ2) is 7.64. The number of hydrogen-bond donors (Lipinski definition) is 1. The van der Waals surface area contributed by atoms with Crippen LogP contribution >= 0.6 is 27.5 Å². The van der Waals surface area contributed by atoms with Crippen molar-refractivity contribution in [3.8, 4) is 11.1 Å². The van der Waals surface area contributed by atoms with Gasteiger partial charge in [0, 0.05) is 20.4 Å². The minimum absolute atomic E-state index is 0.173. The molecule has 1 atom stereocenters. The molecule has 0 bridgehead atoms. The van der Waals surface area contributed by atoms with E-state index in [1.165, 1.54) is 0 Å². The van der Waals surface area contributed by atoms with Crippen LogP contribution in [-0.2, 0) is 4.79 Å². The average Bonchev–Trinajstić information content (AvgIpc) is 2.60. The van der Waals surface area contributed by atoms with Crippen molar-refractivity contribution in [3.05, 3.63) is 67.9 Å². The van der Waals surface area contributed by atoms with E-state index in [-0.39, 0.29) is 5.56 Å². The summed E-state index contributed by atoms with van der Waals surface area (Å²) in [5, 5.41) is 11.0. The number of carboxylic acids is 1. The first-order valence-electron chi connectivity index (χ1n) is 8.17. The number of carbonyl (C=O) groups is 1. The van der Waals surface area contributed by atoms with Gasteiger partial charge in [0.25, 0.3) is 0 Å². The summed E-state index contributed by atoms with van der Waals surface area (Å²) in [5.41, 5.74) is 1.27. The number of hydrogen-bond acceptors (Lipinski definition) is 3. The largest absolute Gasteiger partial charge is 0.481 e.